The van der Waals surface area contributed by atoms with Crippen LogP contribution in [0.5, 0.6) is 0 Å². The minimum absolute atomic E-state index is 0.241. The maximum Gasteiger partial charge on any atom is 0.261 e. The molecule has 1 aliphatic heterocycles. The minimum atomic E-state index is -3.59. The van der Waals surface area contributed by atoms with E-state index in [9.17, 15) is 8.42 Å². The van der Waals surface area contributed by atoms with E-state index in [1.54, 1.807) is 42.5 Å². The second kappa shape index (κ2) is 5.14. The van der Waals surface area contributed by atoms with Crippen molar-refractivity contribution in [2.45, 2.75) is 11.8 Å². The molecule has 3 N–H and O–H groups in total. The van der Waals surface area contributed by atoms with E-state index in [-0.39, 0.29) is 4.90 Å². The van der Waals surface area contributed by atoms with Crippen LogP contribution in [-0.4, -0.2) is 8.42 Å². The largest absolute Gasteiger partial charge is 0.305 e. The topological polar surface area (TPSA) is 70.2 Å². The predicted molar refractivity (Wildman–Crippen MR) is 84.1 cm³/mol. The van der Waals surface area contributed by atoms with E-state index in [2.05, 4.69) is 15.6 Å². The Kier molecular flexibility index (Phi) is 3.31. The number of nitrogens with one attached hydrogen (secondary N) is 3. The van der Waals surface area contributed by atoms with E-state index in [0.29, 0.717) is 5.69 Å². The van der Waals surface area contributed by atoms with Crippen molar-refractivity contribution in [3.05, 3.63) is 59.8 Å². The number of hydrazine groups is 1. The molecule has 1 heterocycles. The highest BCUT2D eigenvalue weighted by Gasteiger charge is 2.17. The molecule has 3 rings (SSSR count). The van der Waals surface area contributed by atoms with Crippen LogP contribution in [0.15, 0.2) is 59.1 Å². The lowest BCUT2D eigenvalue weighted by atomic mass is 10.1. The van der Waals surface area contributed by atoms with Crippen molar-refractivity contribution < 1.29 is 8.42 Å². The SMILES string of the molecule is CC1=Cc2c(cccc2NS(=O)(=O)c2ccccc2)NN1. The molecule has 1 aliphatic rings. The monoisotopic (exact) mass is 301 g/mol. The molecular weight excluding hydrogens is 286 g/mol. The molecule has 0 atom stereocenters. The van der Waals surface area contributed by atoms with Crippen molar-refractivity contribution in [1.82, 2.24) is 5.43 Å². The van der Waals surface area contributed by atoms with Crippen molar-refractivity contribution in [2.75, 3.05) is 10.1 Å². The Labute approximate surface area is 123 Å². The lowest BCUT2D eigenvalue weighted by molar-refractivity contribution is 0.601. The van der Waals surface area contributed by atoms with Gasteiger partial charge in [-0.2, -0.15) is 0 Å². The van der Waals surface area contributed by atoms with Crippen molar-refractivity contribution in [1.29, 1.82) is 0 Å². The number of hydrogen-bond donors (Lipinski definition) is 3. The summed E-state index contributed by atoms with van der Waals surface area (Å²) in [6, 6.07) is 13.7. The Hall–Kier alpha value is -2.47. The first kappa shape index (κ1) is 13.5. The molecule has 0 bridgehead atoms. The zero-order valence-electron chi connectivity index (χ0n) is 11.4. The summed E-state index contributed by atoms with van der Waals surface area (Å²) < 4.78 is 27.4. The third-order valence-corrected chi connectivity index (χ3v) is 4.54. The van der Waals surface area contributed by atoms with Crippen LogP contribution in [0, 0.1) is 0 Å². The highest BCUT2D eigenvalue weighted by atomic mass is 32.2. The van der Waals surface area contributed by atoms with Gasteiger partial charge >= 0.3 is 0 Å². The summed E-state index contributed by atoms with van der Waals surface area (Å²) >= 11 is 0. The molecule has 6 heteroatoms. The van der Waals surface area contributed by atoms with Gasteiger partial charge in [0.25, 0.3) is 10.0 Å². The quantitative estimate of drug-likeness (QED) is 0.815. The maximum absolute atomic E-state index is 12.4. The van der Waals surface area contributed by atoms with E-state index in [1.807, 2.05) is 19.1 Å². The summed E-state index contributed by atoms with van der Waals surface area (Å²) in [5, 5.41) is 0. The van der Waals surface area contributed by atoms with Crippen LogP contribution in [0.1, 0.15) is 12.5 Å². The van der Waals surface area contributed by atoms with Gasteiger partial charge in [-0.05, 0) is 37.3 Å². The van der Waals surface area contributed by atoms with Gasteiger partial charge in [-0.1, -0.05) is 24.3 Å². The van der Waals surface area contributed by atoms with Crippen LogP contribution in [-0.2, 0) is 10.0 Å². The summed E-state index contributed by atoms with van der Waals surface area (Å²) in [6.45, 7) is 1.90. The summed E-state index contributed by atoms with van der Waals surface area (Å²) in [4.78, 5) is 0.241. The summed E-state index contributed by atoms with van der Waals surface area (Å²) in [6.07, 6.45) is 1.90. The molecule has 0 saturated heterocycles. The van der Waals surface area contributed by atoms with Crippen molar-refractivity contribution in [3.63, 3.8) is 0 Å². The summed E-state index contributed by atoms with van der Waals surface area (Å²) in [5.74, 6) is 0. The Morgan fingerprint density at radius 3 is 2.48 bits per heavy atom. The number of benzene rings is 2. The first-order valence-corrected chi connectivity index (χ1v) is 7.96. The van der Waals surface area contributed by atoms with E-state index < -0.39 is 10.0 Å². The second-order valence-corrected chi connectivity index (χ2v) is 6.45. The number of hydrogen-bond acceptors (Lipinski definition) is 4. The normalized spacial score (nSPS) is 13.5. The second-order valence-electron chi connectivity index (χ2n) is 4.76. The van der Waals surface area contributed by atoms with E-state index in [4.69, 9.17) is 0 Å². The van der Waals surface area contributed by atoms with Gasteiger partial charge in [-0.3, -0.25) is 4.72 Å². The average Bonchev–Trinajstić information content (AvgIpc) is 2.48. The molecule has 0 aromatic heterocycles. The van der Waals surface area contributed by atoms with Crippen molar-refractivity contribution in [2.24, 2.45) is 0 Å². The minimum Gasteiger partial charge on any atom is -0.305 e. The van der Waals surface area contributed by atoms with Gasteiger partial charge in [0.2, 0.25) is 0 Å². The van der Waals surface area contributed by atoms with Gasteiger partial charge in [0, 0.05) is 11.3 Å². The molecule has 0 fully saturated rings. The Morgan fingerprint density at radius 1 is 0.952 bits per heavy atom. The molecule has 0 amide bonds. The van der Waals surface area contributed by atoms with Gasteiger partial charge in [0.05, 0.1) is 16.3 Å². The van der Waals surface area contributed by atoms with Crippen LogP contribution in [0.4, 0.5) is 11.4 Å². The van der Waals surface area contributed by atoms with Crippen LogP contribution < -0.4 is 15.6 Å². The third kappa shape index (κ3) is 2.71. The lowest BCUT2D eigenvalue weighted by Gasteiger charge is -2.21. The Bertz CT molecular complexity index is 799. The van der Waals surface area contributed by atoms with Gasteiger partial charge < -0.3 is 10.9 Å². The zero-order valence-corrected chi connectivity index (χ0v) is 12.2. The molecule has 21 heavy (non-hydrogen) atoms. The highest BCUT2D eigenvalue weighted by Crippen LogP contribution is 2.30. The lowest BCUT2D eigenvalue weighted by Crippen LogP contribution is -2.24. The van der Waals surface area contributed by atoms with Crippen LogP contribution in [0.2, 0.25) is 0 Å². The molecule has 5 nitrogen and oxygen atoms in total. The van der Waals surface area contributed by atoms with Gasteiger partial charge in [0.15, 0.2) is 0 Å². The van der Waals surface area contributed by atoms with Gasteiger partial charge in [-0.25, -0.2) is 8.42 Å². The van der Waals surface area contributed by atoms with Crippen molar-refractivity contribution in [3.8, 4) is 0 Å². The first-order chi connectivity index (χ1) is 10.1. The molecule has 0 radical (unpaired) electrons. The van der Waals surface area contributed by atoms with Crippen LogP contribution in [0.25, 0.3) is 6.08 Å². The van der Waals surface area contributed by atoms with E-state index in [1.165, 1.54) is 0 Å². The van der Waals surface area contributed by atoms with E-state index >= 15 is 0 Å². The third-order valence-electron chi connectivity index (χ3n) is 3.16. The average molecular weight is 301 g/mol. The van der Waals surface area contributed by atoms with Gasteiger partial charge in [-0.15, -0.1) is 0 Å². The molecule has 0 spiro atoms. The Morgan fingerprint density at radius 2 is 1.71 bits per heavy atom. The number of fused-ring (bicyclic) bond motifs is 1. The first-order valence-electron chi connectivity index (χ1n) is 6.47. The zero-order chi connectivity index (χ0) is 14.9. The predicted octanol–water partition coefficient (Wildman–Crippen LogP) is 2.78. The fourth-order valence-electron chi connectivity index (χ4n) is 2.14. The molecule has 2 aromatic rings. The fraction of sp³-hybridized carbons (Fsp3) is 0.0667. The molecule has 0 unspecified atom stereocenters. The number of sulfonamides is 1. The molecule has 0 saturated carbocycles. The molecule has 0 aliphatic carbocycles. The maximum atomic E-state index is 12.4. The van der Waals surface area contributed by atoms with Crippen LogP contribution >= 0.6 is 0 Å². The number of allylic oxidation sites excluding steroid dienone is 1. The standard InChI is InChI=1S/C15H15N3O2S/c1-11-10-13-14(17-16-11)8-5-9-15(13)18-21(19,20)12-6-3-2-4-7-12/h2-10,16-18H,1H3. The molecule has 108 valence electrons. The molecular formula is C15H15N3O2S. The van der Waals surface area contributed by atoms with E-state index in [0.717, 1.165) is 16.9 Å². The summed E-state index contributed by atoms with van der Waals surface area (Å²) in [5.41, 5.74) is 9.12. The summed E-state index contributed by atoms with van der Waals surface area (Å²) in [7, 11) is -3.59. The Balaban J connectivity index is 2.01. The molecule has 2 aromatic carbocycles. The smallest absolute Gasteiger partial charge is 0.261 e. The number of anilines is 2. The van der Waals surface area contributed by atoms with Crippen LogP contribution in [0.3, 0.4) is 0 Å². The highest BCUT2D eigenvalue weighted by molar-refractivity contribution is 7.92. The van der Waals surface area contributed by atoms with Crippen molar-refractivity contribution >= 4 is 27.5 Å². The fourth-order valence-corrected chi connectivity index (χ4v) is 3.24. The number of rotatable bonds is 3. The van der Waals surface area contributed by atoms with Gasteiger partial charge in [0.1, 0.15) is 0 Å².